The number of carbonyl (C=O) groups is 2. The highest BCUT2D eigenvalue weighted by atomic mass is 35.5. The van der Waals surface area contributed by atoms with Gasteiger partial charge in [0.15, 0.2) is 5.13 Å². The monoisotopic (exact) mass is 440 g/mol. The maximum absolute atomic E-state index is 13.0. The third kappa shape index (κ3) is 3.58. The Morgan fingerprint density at radius 2 is 1.87 bits per heavy atom. The highest BCUT2D eigenvalue weighted by Crippen LogP contribution is 2.42. The summed E-state index contributed by atoms with van der Waals surface area (Å²) < 4.78 is 5.43. The largest absolute Gasteiger partial charge is 0.507 e. The number of thiazole rings is 1. The van der Waals surface area contributed by atoms with E-state index in [1.807, 2.05) is 6.92 Å². The molecular formula is C22H17ClN2O4S. The number of benzene rings is 2. The number of carbonyl (C=O) groups excluding carboxylic acids is 2. The van der Waals surface area contributed by atoms with Crippen LogP contribution in [0.2, 0.25) is 5.02 Å². The van der Waals surface area contributed by atoms with Gasteiger partial charge in [-0.3, -0.25) is 14.5 Å². The van der Waals surface area contributed by atoms with Gasteiger partial charge in [-0.1, -0.05) is 23.7 Å². The number of amides is 1. The van der Waals surface area contributed by atoms with Crippen LogP contribution in [0.1, 0.15) is 24.1 Å². The van der Waals surface area contributed by atoms with Gasteiger partial charge in [0.25, 0.3) is 5.78 Å². The topological polar surface area (TPSA) is 79.7 Å². The molecule has 6 nitrogen and oxygen atoms in total. The van der Waals surface area contributed by atoms with E-state index >= 15 is 0 Å². The highest BCUT2D eigenvalue weighted by Gasteiger charge is 2.47. The van der Waals surface area contributed by atoms with Crippen LogP contribution in [-0.4, -0.2) is 28.4 Å². The van der Waals surface area contributed by atoms with Crippen molar-refractivity contribution in [1.82, 2.24) is 4.98 Å². The Balaban J connectivity index is 1.86. The van der Waals surface area contributed by atoms with Crippen molar-refractivity contribution in [1.29, 1.82) is 0 Å². The van der Waals surface area contributed by atoms with Crippen molar-refractivity contribution in [2.75, 3.05) is 11.5 Å². The lowest BCUT2D eigenvalue weighted by Gasteiger charge is -2.23. The second kappa shape index (κ2) is 8.30. The van der Waals surface area contributed by atoms with E-state index in [9.17, 15) is 14.7 Å². The fourth-order valence-corrected chi connectivity index (χ4v) is 4.15. The summed E-state index contributed by atoms with van der Waals surface area (Å²) in [5.41, 5.74) is 1.05. The Labute approximate surface area is 182 Å². The van der Waals surface area contributed by atoms with E-state index in [1.165, 1.54) is 16.2 Å². The molecule has 0 saturated carbocycles. The van der Waals surface area contributed by atoms with E-state index in [4.69, 9.17) is 16.3 Å². The van der Waals surface area contributed by atoms with Gasteiger partial charge in [-0.25, -0.2) is 4.98 Å². The number of hydrogen-bond donors (Lipinski definition) is 1. The summed E-state index contributed by atoms with van der Waals surface area (Å²) in [7, 11) is 0. The molecule has 3 aromatic rings. The van der Waals surface area contributed by atoms with E-state index in [-0.39, 0.29) is 11.3 Å². The summed E-state index contributed by atoms with van der Waals surface area (Å²) in [6, 6.07) is 12.7. The van der Waals surface area contributed by atoms with Crippen LogP contribution in [0.25, 0.3) is 5.76 Å². The highest BCUT2D eigenvalue weighted by molar-refractivity contribution is 7.14. The Bertz CT molecular complexity index is 1110. The number of Topliss-reactive ketones (excluding diaryl/α,β-unsaturated/α-hetero) is 1. The normalized spacial score (nSPS) is 18.1. The average molecular weight is 441 g/mol. The van der Waals surface area contributed by atoms with Gasteiger partial charge in [0.2, 0.25) is 0 Å². The maximum atomic E-state index is 13.0. The van der Waals surface area contributed by atoms with Crippen molar-refractivity contribution in [3.63, 3.8) is 0 Å². The Kier molecular flexibility index (Phi) is 5.57. The van der Waals surface area contributed by atoms with Gasteiger partial charge < -0.3 is 9.84 Å². The molecule has 152 valence electrons. The van der Waals surface area contributed by atoms with Gasteiger partial charge in [0, 0.05) is 22.2 Å². The number of ether oxygens (including phenoxy) is 1. The van der Waals surface area contributed by atoms with Crippen molar-refractivity contribution in [2.24, 2.45) is 0 Å². The molecule has 2 aromatic carbocycles. The predicted molar refractivity (Wildman–Crippen MR) is 116 cm³/mol. The number of anilines is 1. The fourth-order valence-electron chi connectivity index (χ4n) is 3.36. The first kappa shape index (κ1) is 20.1. The van der Waals surface area contributed by atoms with Crippen LogP contribution in [0.3, 0.4) is 0 Å². The molecule has 1 saturated heterocycles. The molecule has 1 unspecified atom stereocenters. The lowest BCUT2D eigenvalue weighted by Crippen LogP contribution is -2.29. The van der Waals surface area contributed by atoms with E-state index < -0.39 is 17.7 Å². The molecule has 1 N–H and O–H groups in total. The molecule has 2 heterocycles. The van der Waals surface area contributed by atoms with Crippen LogP contribution < -0.4 is 9.64 Å². The van der Waals surface area contributed by atoms with Crippen LogP contribution in [0.5, 0.6) is 5.75 Å². The lowest BCUT2D eigenvalue weighted by atomic mass is 9.95. The van der Waals surface area contributed by atoms with Crippen LogP contribution >= 0.6 is 22.9 Å². The molecule has 0 bridgehead atoms. The minimum Gasteiger partial charge on any atom is -0.507 e. The second-order valence-corrected chi connectivity index (χ2v) is 7.80. The molecule has 1 fully saturated rings. The fraction of sp³-hybridized carbons (Fsp3) is 0.136. The number of aliphatic hydroxyl groups excluding tert-OH is 1. The molecule has 8 heteroatoms. The summed E-state index contributed by atoms with van der Waals surface area (Å²) >= 11 is 7.26. The molecule has 1 amide bonds. The third-order valence-corrected chi connectivity index (χ3v) is 5.72. The zero-order valence-electron chi connectivity index (χ0n) is 15.9. The summed E-state index contributed by atoms with van der Waals surface area (Å²) in [6.45, 7) is 2.39. The van der Waals surface area contributed by atoms with Crippen molar-refractivity contribution in [3.05, 3.63) is 81.8 Å². The summed E-state index contributed by atoms with van der Waals surface area (Å²) in [4.78, 5) is 31.4. The number of aromatic nitrogens is 1. The number of halogens is 1. The maximum Gasteiger partial charge on any atom is 0.301 e. The van der Waals surface area contributed by atoms with Gasteiger partial charge >= 0.3 is 5.91 Å². The van der Waals surface area contributed by atoms with Crippen LogP contribution in [0.15, 0.2) is 65.7 Å². The minimum atomic E-state index is -0.819. The first-order valence-electron chi connectivity index (χ1n) is 9.20. The molecule has 0 radical (unpaired) electrons. The molecule has 1 atom stereocenters. The molecular weight excluding hydrogens is 424 g/mol. The molecule has 1 aromatic heterocycles. The van der Waals surface area contributed by atoms with Gasteiger partial charge in [0.05, 0.1) is 18.2 Å². The molecule has 30 heavy (non-hydrogen) atoms. The first-order chi connectivity index (χ1) is 14.5. The van der Waals surface area contributed by atoms with Crippen molar-refractivity contribution in [2.45, 2.75) is 13.0 Å². The summed E-state index contributed by atoms with van der Waals surface area (Å²) in [6.07, 6.45) is 1.56. The average Bonchev–Trinajstić information content (AvgIpc) is 3.36. The zero-order valence-corrected chi connectivity index (χ0v) is 17.5. The molecule has 1 aliphatic rings. The SMILES string of the molecule is CCOc1ccc(/C(O)=C2/C(=O)C(=O)N(c3nccs3)C2c2ccc(Cl)cc2)cc1. The van der Waals surface area contributed by atoms with Crippen molar-refractivity contribution < 1.29 is 19.4 Å². The van der Waals surface area contributed by atoms with Gasteiger partial charge in [0.1, 0.15) is 11.5 Å². The second-order valence-electron chi connectivity index (χ2n) is 6.49. The quantitative estimate of drug-likeness (QED) is 0.349. The lowest BCUT2D eigenvalue weighted by molar-refractivity contribution is -0.132. The minimum absolute atomic E-state index is 0.00156. The number of ketones is 1. The first-order valence-corrected chi connectivity index (χ1v) is 10.5. The van der Waals surface area contributed by atoms with E-state index in [0.29, 0.717) is 33.6 Å². The zero-order chi connectivity index (χ0) is 21.3. The number of hydrogen-bond acceptors (Lipinski definition) is 6. The Hall–Kier alpha value is -3.16. The molecule has 1 aliphatic heterocycles. The van der Waals surface area contributed by atoms with Crippen molar-refractivity contribution in [3.8, 4) is 5.75 Å². The van der Waals surface area contributed by atoms with E-state index in [2.05, 4.69) is 4.98 Å². The Morgan fingerprint density at radius 3 is 2.47 bits per heavy atom. The predicted octanol–water partition coefficient (Wildman–Crippen LogP) is 4.82. The molecule has 4 rings (SSSR count). The van der Waals surface area contributed by atoms with Gasteiger partial charge in [-0.05, 0) is 48.9 Å². The summed E-state index contributed by atoms with van der Waals surface area (Å²) in [5, 5.41) is 13.7. The Morgan fingerprint density at radius 1 is 1.17 bits per heavy atom. The third-order valence-electron chi connectivity index (χ3n) is 4.69. The molecule has 0 aliphatic carbocycles. The molecule has 0 spiro atoms. The van der Waals surface area contributed by atoms with Crippen LogP contribution in [0, 0.1) is 0 Å². The smallest absolute Gasteiger partial charge is 0.301 e. The summed E-state index contributed by atoms with van der Waals surface area (Å²) in [5.74, 6) is -1.11. The van der Waals surface area contributed by atoms with E-state index in [0.717, 1.165) is 0 Å². The number of rotatable bonds is 5. The standard InChI is InChI=1S/C22H17ClN2O4S/c1-2-29-16-9-5-14(6-10-16)19(26)17-18(13-3-7-15(23)8-4-13)25(21(28)20(17)27)22-24-11-12-30-22/h3-12,18,26H,2H2,1H3/b19-17-. The number of nitrogens with zero attached hydrogens (tertiary/aromatic N) is 2. The van der Waals surface area contributed by atoms with E-state index in [1.54, 1.807) is 60.1 Å². The van der Waals surface area contributed by atoms with Crippen molar-refractivity contribution >= 4 is 45.5 Å². The van der Waals surface area contributed by atoms with Crippen LogP contribution in [-0.2, 0) is 9.59 Å². The number of aliphatic hydroxyl groups is 1. The van der Waals surface area contributed by atoms with Gasteiger partial charge in [-0.15, -0.1) is 11.3 Å². The van der Waals surface area contributed by atoms with Crippen LogP contribution in [0.4, 0.5) is 5.13 Å². The van der Waals surface area contributed by atoms with Gasteiger partial charge in [-0.2, -0.15) is 0 Å².